The molecule has 1 aliphatic rings. The predicted octanol–water partition coefficient (Wildman–Crippen LogP) is 2.02. The molecule has 1 heterocycles. The van der Waals surface area contributed by atoms with Gasteiger partial charge in [-0.3, -0.25) is 0 Å². The minimum atomic E-state index is 0.0334. The molecule has 0 aromatic heterocycles. The minimum Gasteiger partial charge on any atom is -0.496 e. The Morgan fingerprint density at radius 3 is 2.37 bits per heavy atom. The van der Waals surface area contributed by atoms with Gasteiger partial charge in [0.25, 0.3) is 0 Å². The Morgan fingerprint density at radius 2 is 1.89 bits per heavy atom. The van der Waals surface area contributed by atoms with Gasteiger partial charge < -0.3 is 19.9 Å². The molecule has 0 unspecified atom stereocenters. The van der Waals surface area contributed by atoms with Gasteiger partial charge in [0.2, 0.25) is 0 Å². The Hall–Kier alpha value is -1.26. The number of hydrogen-bond donors (Lipinski definition) is 1. The number of nitrogens with two attached hydrogens (primary N) is 1. The number of methoxy groups -OCH3 is 2. The quantitative estimate of drug-likeness (QED) is 0.855. The van der Waals surface area contributed by atoms with Crippen LogP contribution in [0.2, 0.25) is 0 Å². The summed E-state index contributed by atoms with van der Waals surface area (Å²) in [5.41, 5.74) is 7.94. The van der Waals surface area contributed by atoms with Gasteiger partial charge >= 0.3 is 0 Å². The van der Waals surface area contributed by atoms with E-state index in [1.54, 1.807) is 14.2 Å². The molecular formula is C15H23NO3. The first-order chi connectivity index (χ1) is 9.16. The SMILES string of the molecule is COc1cc(C2(CCCN)COC2)c(OC)cc1C. The van der Waals surface area contributed by atoms with Gasteiger partial charge in [-0.05, 0) is 44.0 Å². The molecule has 4 nitrogen and oxygen atoms in total. The fourth-order valence-electron chi connectivity index (χ4n) is 2.69. The largest absolute Gasteiger partial charge is 0.496 e. The van der Waals surface area contributed by atoms with Gasteiger partial charge in [0.1, 0.15) is 11.5 Å². The second-order valence-corrected chi connectivity index (χ2v) is 5.19. The van der Waals surface area contributed by atoms with Crippen LogP contribution in [0.1, 0.15) is 24.0 Å². The third-order valence-electron chi connectivity index (χ3n) is 3.90. The molecule has 19 heavy (non-hydrogen) atoms. The van der Waals surface area contributed by atoms with E-state index in [4.69, 9.17) is 19.9 Å². The summed E-state index contributed by atoms with van der Waals surface area (Å²) in [7, 11) is 3.41. The van der Waals surface area contributed by atoms with Crippen molar-refractivity contribution in [1.82, 2.24) is 0 Å². The van der Waals surface area contributed by atoms with E-state index in [-0.39, 0.29) is 5.41 Å². The molecule has 4 heteroatoms. The smallest absolute Gasteiger partial charge is 0.123 e. The molecule has 1 aromatic carbocycles. The molecule has 0 radical (unpaired) electrons. The van der Waals surface area contributed by atoms with Gasteiger partial charge in [0.05, 0.1) is 27.4 Å². The lowest BCUT2D eigenvalue weighted by Crippen LogP contribution is -2.47. The van der Waals surface area contributed by atoms with Gasteiger partial charge in [-0.15, -0.1) is 0 Å². The molecule has 106 valence electrons. The highest BCUT2D eigenvalue weighted by Crippen LogP contribution is 2.43. The summed E-state index contributed by atoms with van der Waals surface area (Å²) in [6.45, 7) is 4.19. The topological polar surface area (TPSA) is 53.7 Å². The number of benzene rings is 1. The van der Waals surface area contributed by atoms with Gasteiger partial charge in [0.15, 0.2) is 0 Å². The molecule has 0 saturated carbocycles. The molecule has 1 fully saturated rings. The van der Waals surface area contributed by atoms with Crippen molar-refractivity contribution in [2.75, 3.05) is 34.0 Å². The van der Waals surface area contributed by atoms with E-state index in [2.05, 4.69) is 6.07 Å². The third-order valence-corrected chi connectivity index (χ3v) is 3.90. The standard InChI is InChI=1S/C15H23NO3/c1-11-7-14(18-3)12(8-13(11)17-2)15(5-4-6-16)9-19-10-15/h7-8H,4-6,9-10,16H2,1-3H3. The van der Waals surface area contributed by atoms with Gasteiger partial charge in [-0.2, -0.15) is 0 Å². The van der Waals surface area contributed by atoms with Crippen LogP contribution in [0, 0.1) is 6.92 Å². The number of aryl methyl sites for hydroxylation is 1. The Balaban J connectivity index is 2.40. The Morgan fingerprint density at radius 1 is 1.21 bits per heavy atom. The van der Waals surface area contributed by atoms with Crippen LogP contribution in [0.15, 0.2) is 12.1 Å². The van der Waals surface area contributed by atoms with Crippen LogP contribution in [-0.4, -0.2) is 34.0 Å². The Bertz CT molecular complexity index is 441. The van der Waals surface area contributed by atoms with E-state index >= 15 is 0 Å². The Labute approximate surface area is 114 Å². The maximum atomic E-state index is 5.65. The lowest BCUT2D eigenvalue weighted by Gasteiger charge is -2.43. The van der Waals surface area contributed by atoms with Crippen molar-refractivity contribution in [3.05, 3.63) is 23.3 Å². The normalized spacial score (nSPS) is 16.8. The van der Waals surface area contributed by atoms with E-state index in [1.165, 1.54) is 5.56 Å². The number of ether oxygens (including phenoxy) is 3. The van der Waals surface area contributed by atoms with Crippen LogP contribution in [0.25, 0.3) is 0 Å². The first-order valence-electron chi connectivity index (χ1n) is 6.68. The van der Waals surface area contributed by atoms with Crippen LogP contribution in [-0.2, 0) is 10.2 Å². The summed E-state index contributed by atoms with van der Waals surface area (Å²) in [6.07, 6.45) is 2.01. The summed E-state index contributed by atoms with van der Waals surface area (Å²) in [4.78, 5) is 0. The van der Waals surface area contributed by atoms with Crippen molar-refractivity contribution in [3.63, 3.8) is 0 Å². The molecular weight excluding hydrogens is 242 g/mol. The fourth-order valence-corrected chi connectivity index (χ4v) is 2.69. The summed E-state index contributed by atoms with van der Waals surface area (Å²) in [6, 6.07) is 4.13. The van der Waals surface area contributed by atoms with Crippen LogP contribution in [0.4, 0.5) is 0 Å². The highest BCUT2D eigenvalue weighted by Gasteiger charge is 2.42. The zero-order chi connectivity index (χ0) is 13.9. The zero-order valence-corrected chi connectivity index (χ0v) is 12.0. The average molecular weight is 265 g/mol. The van der Waals surface area contributed by atoms with E-state index in [9.17, 15) is 0 Å². The fraction of sp³-hybridized carbons (Fsp3) is 0.600. The molecule has 2 rings (SSSR count). The molecule has 0 aliphatic carbocycles. The number of hydrogen-bond acceptors (Lipinski definition) is 4. The van der Waals surface area contributed by atoms with Gasteiger partial charge in [-0.1, -0.05) is 0 Å². The van der Waals surface area contributed by atoms with Crippen molar-refractivity contribution in [2.45, 2.75) is 25.2 Å². The molecule has 0 spiro atoms. The van der Waals surface area contributed by atoms with Crippen molar-refractivity contribution >= 4 is 0 Å². The summed E-state index contributed by atoms with van der Waals surface area (Å²) in [5.74, 6) is 1.81. The minimum absolute atomic E-state index is 0.0334. The van der Waals surface area contributed by atoms with Crippen molar-refractivity contribution in [2.24, 2.45) is 5.73 Å². The van der Waals surface area contributed by atoms with Crippen LogP contribution in [0.3, 0.4) is 0 Å². The van der Waals surface area contributed by atoms with Crippen molar-refractivity contribution in [3.8, 4) is 11.5 Å². The van der Waals surface area contributed by atoms with E-state index in [0.717, 1.165) is 43.1 Å². The van der Waals surface area contributed by atoms with Gasteiger partial charge in [-0.25, -0.2) is 0 Å². The van der Waals surface area contributed by atoms with Crippen molar-refractivity contribution in [1.29, 1.82) is 0 Å². The maximum absolute atomic E-state index is 5.65. The van der Waals surface area contributed by atoms with E-state index < -0.39 is 0 Å². The summed E-state index contributed by atoms with van der Waals surface area (Å²) in [5, 5.41) is 0. The second kappa shape index (κ2) is 5.80. The highest BCUT2D eigenvalue weighted by atomic mass is 16.5. The number of rotatable bonds is 6. The predicted molar refractivity (Wildman–Crippen MR) is 75.1 cm³/mol. The summed E-state index contributed by atoms with van der Waals surface area (Å²) < 4.78 is 16.4. The molecule has 1 aliphatic heterocycles. The second-order valence-electron chi connectivity index (χ2n) is 5.19. The average Bonchev–Trinajstić information content (AvgIpc) is 2.38. The van der Waals surface area contributed by atoms with Gasteiger partial charge in [0, 0.05) is 11.0 Å². The first-order valence-corrected chi connectivity index (χ1v) is 6.68. The van der Waals surface area contributed by atoms with Crippen LogP contribution >= 0.6 is 0 Å². The van der Waals surface area contributed by atoms with Crippen LogP contribution in [0.5, 0.6) is 11.5 Å². The molecule has 0 amide bonds. The molecule has 1 aromatic rings. The lowest BCUT2D eigenvalue weighted by molar-refractivity contribution is -0.0658. The maximum Gasteiger partial charge on any atom is 0.123 e. The molecule has 2 N–H and O–H groups in total. The zero-order valence-electron chi connectivity index (χ0n) is 12.0. The Kier molecular flexibility index (Phi) is 4.32. The highest BCUT2D eigenvalue weighted by molar-refractivity contribution is 5.50. The monoisotopic (exact) mass is 265 g/mol. The third kappa shape index (κ3) is 2.55. The van der Waals surface area contributed by atoms with Crippen molar-refractivity contribution < 1.29 is 14.2 Å². The first kappa shape index (κ1) is 14.2. The van der Waals surface area contributed by atoms with E-state index in [1.807, 2.05) is 13.0 Å². The molecule has 1 saturated heterocycles. The summed E-state index contributed by atoms with van der Waals surface area (Å²) >= 11 is 0. The molecule has 0 atom stereocenters. The lowest BCUT2D eigenvalue weighted by atomic mass is 9.74. The molecule has 0 bridgehead atoms. The van der Waals surface area contributed by atoms with E-state index in [0.29, 0.717) is 6.54 Å². The van der Waals surface area contributed by atoms with Crippen LogP contribution < -0.4 is 15.2 Å².